The molecule has 0 spiro atoms. The van der Waals surface area contributed by atoms with Crippen LogP contribution in [0.5, 0.6) is 0 Å². The predicted octanol–water partition coefficient (Wildman–Crippen LogP) is 1.95. The minimum atomic E-state index is -4.93. The topological polar surface area (TPSA) is 144 Å². The van der Waals surface area contributed by atoms with E-state index in [1.165, 1.54) is 5.57 Å². The van der Waals surface area contributed by atoms with Crippen LogP contribution in [0.1, 0.15) is 46.5 Å². The maximum atomic E-state index is 11.7. The van der Waals surface area contributed by atoms with Gasteiger partial charge in [0, 0.05) is 13.0 Å². The lowest BCUT2D eigenvalue weighted by molar-refractivity contribution is -0.121. The molecule has 0 aromatic heterocycles. The van der Waals surface area contributed by atoms with Crippen LogP contribution in [0.25, 0.3) is 0 Å². The number of hydrogen-bond donors (Lipinski definition) is 5. The zero-order valence-electron chi connectivity index (χ0n) is 13.7. The average molecular weight is 371 g/mol. The Balaban J connectivity index is 4.26. The van der Waals surface area contributed by atoms with Crippen LogP contribution in [-0.2, 0) is 13.9 Å². The molecule has 0 fully saturated rings. The van der Waals surface area contributed by atoms with E-state index in [1.807, 2.05) is 20.8 Å². The highest BCUT2D eigenvalue weighted by Crippen LogP contribution is 2.61. The van der Waals surface area contributed by atoms with E-state index in [0.29, 0.717) is 0 Å². The molecule has 8 nitrogen and oxygen atoms in total. The first-order valence-electron chi connectivity index (χ1n) is 7.34. The lowest BCUT2D eigenvalue weighted by Crippen LogP contribution is -2.28. The average Bonchev–Trinajstić information content (AvgIpc) is 2.30. The van der Waals surface area contributed by atoms with Crippen LogP contribution in [0, 0.1) is 5.92 Å². The van der Waals surface area contributed by atoms with Gasteiger partial charge in [-0.1, -0.05) is 18.6 Å². The van der Waals surface area contributed by atoms with Gasteiger partial charge in [0.2, 0.25) is 5.91 Å². The normalized spacial score (nSPS) is 13.7. The highest BCUT2D eigenvalue weighted by Gasteiger charge is 2.42. The molecule has 0 aromatic rings. The summed E-state index contributed by atoms with van der Waals surface area (Å²) in [4.78, 5) is 47.6. The number of carbonyl (C=O) groups excluding carboxylic acids is 1. The van der Waals surface area contributed by atoms with E-state index in [0.717, 1.165) is 12.8 Å². The lowest BCUT2D eigenvalue weighted by Gasteiger charge is -2.19. The van der Waals surface area contributed by atoms with Gasteiger partial charge >= 0.3 is 15.2 Å². The third-order valence-corrected chi connectivity index (χ3v) is 7.12. The first-order chi connectivity index (χ1) is 10.3. The SMILES string of the molecule is CC(C)=CCC[C@H](C)CC(=O)NCCC(P(=O)(O)O)P(=O)(O)O. The lowest BCUT2D eigenvalue weighted by atomic mass is 10.0. The number of amides is 1. The van der Waals surface area contributed by atoms with Crippen LogP contribution in [0.3, 0.4) is 0 Å². The van der Waals surface area contributed by atoms with Crippen molar-refractivity contribution in [3.05, 3.63) is 11.6 Å². The number of carbonyl (C=O) groups is 1. The first-order valence-corrected chi connectivity index (χ1v) is 10.7. The minimum Gasteiger partial charge on any atom is -0.356 e. The van der Waals surface area contributed by atoms with E-state index in [1.54, 1.807) is 0 Å². The Bertz CT molecular complexity index is 482. The molecule has 0 heterocycles. The number of nitrogens with one attached hydrogen (secondary N) is 1. The second kappa shape index (κ2) is 9.72. The number of hydrogen-bond acceptors (Lipinski definition) is 3. The molecule has 23 heavy (non-hydrogen) atoms. The van der Waals surface area contributed by atoms with Crippen LogP contribution in [0.4, 0.5) is 0 Å². The molecule has 1 atom stereocenters. The van der Waals surface area contributed by atoms with E-state index in [9.17, 15) is 13.9 Å². The van der Waals surface area contributed by atoms with E-state index < -0.39 is 27.0 Å². The van der Waals surface area contributed by atoms with Crippen molar-refractivity contribution in [3.63, 3.8) is 0 Å². The number of allylic oxidation sites excluding steroid dienone is 2. The van der Waals surface area contributed by atoms with Crippen molar-refractivity contribution in [1.29, 1.82) is 0 Å². The van der Waals surface area contributed by atoms with Crippen molar-refractivity contribution in [2.75, 3.05) is 6.54 Å². The highest BCUT2D eigenvalue weighted by molar-refractivity contribution is 7.70. The molecule has 0 aliphatic heterocycles. The minimum absolute atomic E-state index is 0.143. The first kappa shape index (κ1) is 22.5. The van der Waals surface area contributed by atoms with Crippen LogP contribution < -0.4 is 5.32 Å². The van der Waals surface area contributed by atoms with Gasteiger partial charge in [-0.3, -0.25) is 13.9 Å². The summed E-state index contributed by atoms with van der Waals surface area (Å²) in [7, 11) is -9.86. The molecule has 0 aromatic carbocycles. The van der Waals surface area contributed by atoms with Crippen molar-refractivity contribution < 1.29 is 33.5 Å². The molecule has 0 rings (SSSR count). The number of rotatable bonds is 10. The van der Waals surface area contributed by atoms with Gasteiger partial charge in [0.25, 0.3) is 0 Å². The van der Waals surface area contributed by atoms with E-state index >= 15 is 0 Å². The van der Waals surface area contributed by atoms with Crippen LogP contribution >= 0.6 is 15.2 Å². The highest BCUT2D eigenvalue weighted by atomic mass is 31.2. The van der Waals surface area contributed by atoms with Gasteiger partial charge in [0.15, 0.2) is 5.40 Å². The van der Waals surface area contributed by atoms with Crippen molar-refractivity contribution >= 4 is 21.1 Å². The molecular weight excluding hydrogens is 344 g/mol. The summed E-state index contributed by atoms with van der Waals surface area (Å²) in [5.41, 5.74) is 1.21. The molecule has 10 heteroatoms. The largest absolute Gasteiger partial charge is 0.356 e. The fourth-order valence-electron chi connectivity index (χ4n) is 2.02. The summed E-state index contributed by atoms with van der Waals surface area (Å²) in [5, 5.41) is 0.368. The summed E-state index contributed by atoms with van der Waals surface area (Å²) in [6.07, 6.45) is 3.57. The fourth-order valence-corrected chi connectivity index (χ4v) is 4.52. The molecular formula is C13H27NO7P2. The third kappa shape index (κ3) is 10.8. The van der Waals surface area contributed by atoms with Crippen LogP contribution in [0.2, 0.25) is 0 Å². The summed E-state index contributed by atoms with van der Waals surface area (Å²) in [5.74, 6) is -0.158. The Morgan fingerprint density at radius 3 is 2.04 bits per heavy atom. The molecule has 0 saturated carbocycles. The summed E-state index contributed by atoms with van der Waals surface area (Å²) in [6.45, 7) is 5.72. The Morgan fingerprint density at radius 2 is 1.61 bits per heavy atom. The van der Waals surface area contributed by atoms with Gasteiger partial charge in [-0.25, -0.2) is 0 Å². The Hall–Kier alpha value is -0.490. The van der Waals surface area contributed by atoms with Crippen molar-refractivity contribution in [1.82, 2.24) is 5.32 Å². The Morgan fingerprint density at radius 1 is 1.09 bits per heavy atom. The van der Waals surface area contributed by atoms with Gasteiger partial charge in [-0.05, 0) is 39.0 Å². The molecule has 1 amide bonds. The van der Waals surface area contributed by atoms with E-state index in [2.05, 4.69) is 11.4 Å². The maximum Gasteiger partial charge on any atom is 0.340 e. The van der Waals surface area contributed by atoms with Gasteiger partial charge in [-0.2, -0.15) is 0 Å². The van der Waals surface area contributed by atoms with E-state index in [4.69, 9.17) is 19.6 Å². The molecule has 0 unspecified atom stereocenters. The quantitative estimate of drug-likeness (QED) is 0.291. The molecule has 0 bridgehead atoms. The smallest absolute Gasteiger partial charge is 0.340 e. The van der Waals surface area contributed by atoms with Crippen molar-refractivity contribution in [2.45, 2.75) is 51.9 Å². The second-order valence-corrected chi connectivity index (χ2v) is 9.98. The van der Waals surface area contributed by atoms with Gasteiger partial charge < -0.3 is 24.9 Å². The zero-order valence-corrected chi connectivity index (χ0v) is 15.5. The summed E-state index contributed by atoms with van der Waals surface area (Å²) in [6, 6.07) is 0. The molecule has 0 radical (unpaired) electrons. The third-order valence-electron chi connectivity index (χ3n) is 3.25. The molecule has 0 aliphatic carbocycles. The Kier molecular flexibility index (Phi) is 9.51. The van der Waals surface area contributed by atoms with Crippen LogP contribution in [-0.4, -0.2) is 37.4 Å². The molecule has 0 aliphatic rings. The van der Waals surface area contributed by atoms with Gasteiger partial charge in [0.05, 0.1) is 0 Å². The summed E-state index contributed by atoms with van der Waals surface area (Å²) < 4.78 is 22.2. The second-order valence-electron chi connectivity index (χ2n) is 5.97. The van der Waals surface area contributed by atoms with Gasteiger partial charge in [0.1, 0.15) is 0 Å². The molecule has 5 N–H and O–H groups in total. The molecule has 0 saturated heterocycles. The van der Waals surface area contributed by atoms with Crippen LogP contribution in [0.15, 0.2) is 11.6 Å². The zero-order chi connectivity index (χ0) is 18.3. The van der Waals surface area contributed by atoms with E-state index in [-0.39, 0.29) is 24.8 Å². The van der Waals surface area contributed by atoms with Crippen molar-refractivity contribution in [2.24, 2.45) is 5.92 Å². The summed E-state index contributed by atoms with van der Waals surface area (Å²) >= 11 is 0. The fraction of sp³-hybridized carbons (Fsp3) is 0.769. The van der Waals surface area contributed by atoms with Gasteiger partial charge in [-0.15, -0.1) is 0 Å². The Labute approximate surface area is 136 Å². The monoisotopic (exact) mass is 371 g/mol. The molecule has 136 valence electrons. The van der Waals surface area contributed by atoms with Crippen molar-refractivity contribution in [3.8, 4) is 0 Å². The maximum absolute atomic E-state index is 11.7. The standard InChI is InChI=1S/C13H27NO7P2/c1-10(2)5-4-6-11(3)9-12(15)14-8-7-13(22(16,17)18)23(19,20)21/h5,11,13H,4,6-9H2,1-3H3,(H,14,15)(H2,16,17,18)(H2,19,20,21)/t11-/m0/s1. The predicted molar refractivity (Wildman–Crippen MR) is 87.9 cm³/mol.